The molecule has 116 valence electrons. The summed E-state index contributed by atoms with van der Waals surface area (Å²) in [6.45, 7) is 4.69. The molecule has 1 atom stereocenters. The number of benzene rings is 1. The fraction of sp³-hybridized carbons (Fsp3) is 0.538. The summed E-state index contributed by atoms with van der Waals surface area (Å²) in [4.78, 5) is 10.3. The molecule has 1 unspecified atom stereocenters. The second-order valence-electron chi connectivity index (χ2n) is 5.07. The highest BCUT2D eigenvalue weighted by molar-refractivity contribution is 7.89. The van der Waals surface area contributed by atoms with Gasteiger partial charge in [-0.1, -0.05) is 0 Å². The minimum Gasteiger partial charge on any atom is -0.384 e. The van der Waals surface area contributed by atoms with Crippen molar-refractivity contribution in [1.29, 1.82) is 0 Å². The molecule has 1 aliphatic rings. The summed E-state index contributed by atoms with van der Waals surface area (Å²) < 4.78 is 27.0. The molecule has 1 saturated heterocycles. The lowest BCUT2D eigenvalue weighted by atomic mass is 10.3. The molecule has 0 saturated carbocycles. The highest BCUT2D eigenvalue weighted by atomic mass is 32.2. The van der Waals surface area contributed by atoms with Gasteiger partial charge in [0.05, 0.1) is 10.6 Å². The molecular weight excluding hydrogens is 294 g/mol. The van der Waals surface area contributed by atoms with E-state index in [4.69, 9.17) is 0 Å². The zero-order chi connectivity index (χ0) is 15.6. The van der Waals surface area contributed by atoms with Crippen molar-refractivity contribution in [2.24, 2.45) is 0 Å². The van der Waals surface area contributed by atoms with Crippen molar-refractivity contribution < 1.29 is 13.3 Å². The van der Waals surface area contributed by atoms with E-state index in [2.05, 4.69) is 5.32 Å². The van der Waals surface area contributed by atoms with Crippen molar-refractivity contribution >= 4 is 21.4 Å². The van der Waals surface area contributed by atoms with Gasteiger partial charge in [0, 0.05) is 31.3 Å². The molecule has 0 spiro atoms. The number of nitro groups is 1. The van der Waals surface area contributed by atoms with Crippen LogP contribution in [0.25, 0.3) is 0 Å². The average Bonchev–Trinajstić information content (AvgIpc) is 2.86. The predicted octanol–water partition coefficient (Wildman–Crippen LogP) is 2.20. The van der Waals surface area contributed by atoms with Gasteiger partial charge in [-0.2, -0.15) is 4.31 Å². The minimum atomic E-state index is -3.73. The molecule has 1 aromatic rings. The maximum Gasteiger partial charge on any atom is 0.270 e. The number of non-ortho nitro benzene ring substituents is 1. The van der Waals surface area contributed by atoms with Gasteiger partial charge >= 0.3 is 0 Å². The van der Waals surface area contributed by atoms with Crippen LogP contribution in [0.5, 0.6) is 0 Å². The molecule has 0 aromatic heterocycles. The highest BCUT2D eigenvalue weighted by Crippen LogP contribution is 2.32. The number of hydrogen-bond donors (Lipinski definition) is 1. The summed E-state index contributed by atoms with van der Waals surface area (Å²) in [6.07, 6.45) is 1.62. The van der Waals surface area contributed by atoms with Crippen LogP contribution < -0.4 is 5.32 Å². The van der Waals surface area contributed by atoms with Crippen molar-refractivity contribution in [3.05, 3.63) is 28.3 Å². The first-order chi connectivity index (χ1) is 9.87. The van der Waals surface area contributed by atoms with Crippen LogP contribution in [-0.4, -0.2) is 36.8 Å². The van der Waals surface area contributed by atoms with Crippen molar-refractivity contribution in [3.8, 4) is 0 Å². The van der Waals surface area contributed by atoms with Crippen LogP contribution in [-0.2, 0) is 10.0 Å². The first-order valence-electron chi connectivity index (χ1n) is 6.92. The maximum atomic E-state index is 12.8. The summed E-state index contributed by atoms with van der Waals surface area (Å²) >= 11 is 0. The first-order valence-corrected chi connectivity index (χ1v) is 8.36. The second kappa shape index (κ2) is 5.98. The molecule has 0 aliphatic carbocycles. The van der Waals surface area contributed by atoms with Crippen LogP contribution in [0, 0.1) is 10.1 Å². The first kappa shape index (κ1) is 15.7. The summed E-state index contributed by atoms with van der Waals surface area (Å²) in [5, 5.41) is 13.9. The van der Waals surface area contributed by atoms with Crippen LogP contribution in [0.15, 0.2) is 23.1 Å². The van der Waals surface area contributed by atoms with E-state index < -0.39 is 14.9 Å². The van der Waals surface area contributed by atoms with Gasteiger partial charge in [-0.25, -0.2) is 8.42 Å². The number of hydrogen-bond acceptors (Lipinski definition) is 5. The second-order valence-corrected chi connectivity index (χ2v) is 6.93. The third-order valence-corrected chi connectivity index (χ3v) is 5.68. The molecule has 8 heteroatoms. The van der Waals surface area contributed by atoms with Crippen molar-refractivity contribution in [2.75, 3.05) is 18.4 Å². The Balaban J connectivity index is 2.53. The molecule has 0 radical (unpaired) electrons. The highest BCUT2D eigenvalue weighted by Gasteiger charge is 2.35. The zero-order valence-electron chi connectivity index (χ0n) is 12.1. The quantitative estimate of drug-likeness (QED) is 0.664. The maximum absolute atomic E-state index is 12.8. The van der Waals surface area contributed by atoms with E-state index in [0.717, 1.165) is 18.9 Å². The lowest BCUT2D eigenvalue weighted by Crippen LogP contribution is -2.34. The number of rotatable bonds is 5. The lowest BCUT2D eigenvalue weighted by Gasteiger charge is -2.22. The Hall–Kier alpha value is -1.67. The van der Waals surface area contributed by atoms with E-state index in [-0.39, 0.29) is 16.6 Å². The van der Waals surface area contributed by atoms with E-state index >= 15 is 0 Å². The molecule has 2 rings (SSSR count). The van der Waals surface area contributed by atoms with Crippen molar-refractivity contribution in [3.63, 3.8) is 0 Å². The van der Waals surface area contributed by atoms with E-state index in [0.29, 0.717) is 18.8 Å². The third kappa shape index (κ3) is 3.01. The van der Waals surface area contributed by atoms with E-state index in [1.807, 2.05) is 13.8 Å². The molecule has 1 heterocycles. The van der Waals surface area contributed by atoms with Gasteiger partial charge in [-0.05, 0) is 32.8 Å². The van der Waals surface area contributed by atoms with Crippen LogP contribution in [0.2, 0.25) is 0 Å². The Labute approximate surface area is 124 Å². The molecule has 1 aromatic carbocycles. The van der Waals surface area contributed by atoms with Gasteiger partial charge in [-0.3, -0.25) is 10.1 Å². The van der Waals surface area contributed by atoms with Crippen LogP contribution >= 0.6 is 0 Å². The predicted molar refractivity (Wildman–Crippen MR) is 79.8 cm³/mol. The summed E-state index contributed by atoms with van der Waals surface area (Å²) in [7, 11) is -3.73. The van der Waals surface area contributed by atoms with Gasteiger partial charge in [0.1, 0.15) is 4.90 Å². The van der Waals surface area contributed by atoms with Gasteiger partial charge in [-0.15, -0.1) is 0 Å². The lowest BCUT2D eigenvalue weighted by molar-refractivity contribution is -0.385. The number of nitrogens with one attached hydrogen (secondary N) is 1. The largest absolute Gasteiger partial charge is 0.384 e. The Morgan fingerprint density at radius 2 is 2.19 bits per heavy atom. The SMILES string of the molecule is CCNc1ccc([N+](=O)[O-])cc1S(=O)(=O)N1CCCC1C. The average molecular weight is 313 g/mol. The van der Waals surface area contributed by atoms with Crippen LogP contribution in [0.4, 0.5) is 11.4 Å². The van der Waals surface area contributed by atoms with E-state index in [1.165, 1.54) is 16.4 Å². The van der Waals surface area contributed by atoms with Crippen molar-refractivity contribution in [1.82, 2.24) is 4.31 Å². The number of anilines is 1. The van der Waals surface area contributed by atoms with Gasteiger partial charge in [0.15, 0.2) is 0 Å². The Bertz CT molecular complexity index is 645. The number of sulfonamides is 1. The normalized spacial score (nSPS) is 19.6. The topological polar surface area (TPSA) is 92.5 Å². The monoisotopic (exact) mass is 313 g/mol. The molecule has 1 N–H and O–H groups in total. The zero-order valence-corrected chi connectivity index (χ0v) is 12.9. The van der Waals surface area contributed by atoms with Gasteiger partial charge < -0.3 is 5.32 Å². The summed E-state index contributed by atoms with van der Waals surface area (Å²) in [5.74, 6) is 0. The van der Waals surface area contributed by atoms with Gasteiger partial charge in [0.2, 0.25) is 10.0 Å². The van der Waals surface area contributed by atoms with E-state index in [1.54, 1.807) is 0 Å². The Morgan fingerprint density at radius 1 is 1.48 bits per heavy atom. The Morgan fingerprint density at radius 3 is 2.71 bits per heavy atom. The summed E-state index contributed by atoms with van der Waals surface area (Å²) in [5.41, 5.74) is 0.185. The standard InChI is InChI=1S/C13H19N3O4S/c1-3-14-12-7-6-11(16(17)18)9-13(12)21(19,20)15-8-4-5-10(15)2/h6-7,9-10,14H,3-5,8H2,1-2H3. The molecule has 21 heavy (non-hydrogen) atoms. The minimum absolute atomic E-state index is 0.0210. The molecule has 0 bridgehead atoms. The molecule has 0 amide bonds. The fourth-order valence-corrected chi connectivity index (χ4v) is 4.45. The van der Waals surface area contributed by atoms with E-state index in [9.17, 15) is 18.5 Å². The third-order valence-electron chi connectivity index (χ3n) is 3.62. The molecule has 1 fully saturated rings. The van der Waals surface area contributed by atoms with Gasteiger partial charge in [0.25, 0.3) is 5.69 Å². The fourth-order valence-electron chi connectivity index (χ4n) is 2.56. The number of nitrogens with zero attached hydrogens (tertiary/aromatic N) is 2. The van der Waals surface area contributed by atoms with Crippen LogP contribution in [0.1, 0.15) is 26.7 Å². The number of nitro benzene ring substituents is 1. The smallest absolute Gasteiger partial charge is 0.270 e. The summed E-state index contributed by atoms with van der Waals surface area (Å²) in [6, 6.07) is 3.82. The van der Waals surface area contributed by atoms with Crippen molar-refractivity contribution in [2.45, 2.75) is 37.6 Å². The molecule has 1 aliphatic heterocycles. The van der Waals surface area contributed by atoms with Crippen LogP contribution in [0.3, 0.4) is 0 Å². The molecule has 7 nitrogen and oxygen atoms in total. The Kier molecular flexibility index (Phi) is 4.48. The molecular formula is C13H19N3O4S.